The minimum absolute atomic E-state index is 0.00641. The van der Waals surface area contributed by atoms with Gasteiger partial charge < -0.3 is 10.1 Å². The maximum Gasteiger partial charge on any atom is 0.166 e. The van der Waals surface area contributed by atoms with Crippen LogP contribution in [0.5, 0.6) is 5.75 Å². The van der Waals surface area contributed by atoms with Crippen molar-refractivity contribution in [2.24, 2.45) is 0 Å². The lowest BCUT2D eigenvalue weighted by Crippen LogP contribution is -2.35. The highest BCUT2D eigenvalue weighted by Crippen LogP contribution is 2.22. The second-order valence-corrected chi connectivity index (χ2v) is 5.20. The van der Waals surface area contributed by atoms with Crippen LogP contribution in [0.3, 0.4) is 0 Å². The fraction of sp³-hybridized carbons (Fsp3) is 0.538. The summed E-state index contributed by atoms with van der Waals surface area (Å²) >= 11 is 3.22. The van der Waals surface area contributed by atoms with E-state index in [1.807, 2.05) is 6.92 Å². The van der Waals surface area contributed by atoms with Gasteiger partial charge in [-0.25, -0.2) is 4.39 Å². The van der Waals surface area contributed by atoms with E-state index in [0.29, 0.717) is 11.8 Å². The molecule has 0 spiro atoms. The highest BCUT2D eigenvalue weighted by atomic mass is 79.9. The Morgan fingerprint density at radius 3 is 2.65 bits per heavy atom. The second kappa shape index (κ2) is 6.97. The minimum Gasteiger partial charge on any atom is -0.486 e. The number of rotatable bonds is 6. The second-order valence-electron chi connectivity index (χ2n) is 4.29. The first-order valence-corrected chi connectivity index (χ1v) is 6.67. The van der Waals surface area contributed by atoms with Gasteiger partial charge in [0.05, 0.1) is 0 Å². The number of nitrogens with one attached hydrogen (secondary N) is 1. The van der Waals surface area contributed by atoms with Gasteiger partial charge >= 0.3 is 0 Å². The van der Waals surface area contributed by atoms with E-state index in [4.69, 9.17) is 4.74 Å². The van der Waals surface area contributed by atoms with Crippen molar-refractivity contribution in [2.45, 2.75) is 39.3 Å². The molecular weight excluding hydrogens is 285 g/mol. The molecule has 1 atom stereocenters. The lowest BCUT2D eigenvalue weighted by atomic mass is 10.2. The van der Waals surface area contributed by atoms with Gasteiger partial charge in [0.15, 0.2) is 11.6 Å². The molecule has 17 heavy (non-hydrogen) atoms. The van der Waals surface area contributed by atoms with Crippen LogP contribution in [0.2, 0.25) is 0 Å². The zero-order valence-electron chi connectivity index (χ0n) is 10.5. The molecular formula is C13H19BrFNO. The lowest BCUT2D eigenvalue weighted by molar-refractivity contribution is 0.182. The van der Waals surface area contributed by atoms with E-state index in [1.165, 1.54) is 6.07 Å². The van der Waals surface area contributed by atoms with E-state index in [1.54, 1.807) is 12.1 Å². The molecule has 0 saturated heterocycles. The van der Waals surface area contributed by atoms with Gasteiger partial charge in [-0.05, 0) is 24.6 Å². The topological polar surface area (TPSA) is 21.3 Å². The number of hydrogen-bond donors (Lipinski definition) is 1. The van der Waals surface area contributed by atoms with Crippen LogP contribution < -0.4 is 10.1 Å². The smallest absolute Gasteiger partial charge is 0.166 e. The van der Waals surface area contributed by atoms with Crippen LogP contribution in [-0.4, -0.2) is 18.7 Å². The molecule has 0 saturated carbocycles. The first-order valence-electron chi connectivity index (χ1n) is 5.88. The molecule has 1 rings (SSSR count). The molecule has 0 fully saturated rings. The highest BCUT2D eigenvalue weighted by Gasteiger charge is 2.11. The standard InChI is InChI=1S/C13H19BrFNO/c1-4-11(8-16-9(2)3)17-13-6-5-10(14)7-12(13)15/h5-7,9,11,16H,4,8H2,1-3H3. The molecule has 0 bridgehead atoms. The SMILES string of the molecule is CCC(CNC(C)C)Oc1ccc(Br)cc1F. The summed E-state index contributed by atoms with van der Waals surface area (Å²) in [6.07, 6.45) is 0.836. The Bertz CT molecular complexity index is 357. The average molecular weight is 304 g/mol. The van der Waals surface area contributed by atoms with Crippen LogP contribution >= 0.6 is 15.9 Å². The summed E-state index contributed by atoms with van der Waals surface area (Å²) in [4.78, 5) is 0. The number of halogens is 2. The molecule has 0 radical (unpaired) electrons. The predicted molar refractivity (Wildman–Crippen MR) is 71.9 cm³/mol. The van der Waals surface area contributed by atoms with Gasteiger partial charge in [0.25, 0.3) is 0 Å². The van der Waals surface area contributed by atoms with Gasteiger partial charge in [-0.1, -0.05) is 36.7 Å². The van der Waals surface area contributed by atoms with Crippen molar-refractivity contribution in [1.29, 1.82) is 0 Å². The number of hydrogen-bond acceptors (Lipinski definition) is 2. The lowest BCUT2D eigenvalue weighted by Gasteiger charge is -2.20. The third kappa shape index (κ3) is 5.04. The van der Waals surface area contributed by atoms with E-state index in [2.05, 4.69) is 35.1 Å². The fourth-order valence-electron chi connectivity index (χ4n) is 1.39. The summed E-state index contributed by atoms with van der Waals surface area (Å²) in [7, 11) is 0. The molecule has 0 heterocycles. The van der Waals surface area contributed by atoms with Crippen molar-refractivity contribution in [3.05, 3.63) is 28.5 Å². The Balaban J connectivity index is 2.60. The van der Waals surface area contributed by atoms with Crippen molar-refractivity contribution in [1.82, 2.24) is 5.32 Å². The highest BCUT2D eigenvalue weighted by molar-refractivity contribution is 9.10. The minimum atomic E-state index is -0.331. The largest absolute Gasteiger partial charge is 0.486 e. The van der Waals surface area contributed by atoms with Crippen molar-refractivity contribution in [3.63, 3.8) is 0 Å². The Hall–Kier alpha value is -0.610. The normalized spacial score (nSPS) is 12.8. The molecule has 1 aromatic carbocycles. The third-order valence-corrected chi connectivity index (χ3v) is 2.89. The molecule has 96 valence electrons. The molecule has 2 nitrogen and oxygen atoms in total. The van der Waals surface area contributed by atoms with Crippen LogP contribution in [-0.2, 0) is 0 Å². The molecule has 0 aliphatic carbocycles. The maximum atomic E-state index is 13.6. The summed E-state index contributed by atoms with van der Waals surface area (Å²) in [6, 6.07) is 5.25. The Kier molecular flexibility index (Phi) is 5.92. The van der Waals surface area contributed by atoms with Crippen LogP contribution in [0.4, 0.5) is 4.39 Å². The Morgan fingerprint density at radius 2 is 2.12 bits per heavy atom. The van der Waals surface area contributed by atoms with Crippen LogP contribution in [0, 0.1) is 5.82 Å². The van der Waals surface area contributed by atoms with Crippen molar-refractivity contribution >= 4 is 15.9 Å². The molecule has 1 N–H and O–H groups in total. The van der Waals surface area contributed by atoms with Gasteiger partial charge in [0.1, 0.15) is 6.10 Å². The van der Waals surface area contributed by atoms with Crippen molar-refractivity contribution in [2.75, 3.05) is 6.54 Å². The van der Waals surface area contributed by atoms with E-state index in [9.17, 15) is 4.39 Å². The Morgan fingerprint density at radius 1 is 1.41 bits per heavy atom. The monoisotopic (exact) mass is 303 g/mol. The number of ether oxygens (including phenoxy) is 1. The molecule has 0 aliphatic rings. The van der Waals surface area contributed by atoms with Crippen LogP contribution in [0.25, 0.3) is 0 Å². The third-order valence-electron chi connectivity index (χ3n) is 2.40. The van der Waals surface area contributed by atoms with Gasteiger partial charge in [0, 0.05) is 17.1 Å². The zero-order valence-corrected chi connectivity index (χ0v) is 12.1. The van der Waals surface area contributed by atoms with E-state index in [-0.39, 0.29) is 11.9 Å². The van der Waals surface area contributed by atoms with E-state index >= 15 is 0 Å². The molecule has 0 amide bonds. The van der Waals surface area contributed by atoms with Crippen LogP contribution in [0.1, 0.15) is 27.2 Å². The fourth-order valence-corrected chi connectivity index (χ4v) is 1.72. The van der Waals surface area contributed by atoms with Gasteiger partial charge in [0.2, 0.25) is 0 Å². The molecule has 0 aromatic heterocycles. The summed E-state index contributed by atoms with van der Waals surface area (Å²) in [5, 5.41) is 3.29. The average Bonchev–Trinajstić information content (AvgIpc) is 2.26. The van der Waals surface area contributed by atoms with E-state index in [0.717, 1.165) is 17.4 Å². The predicted octanol–water partition coefficient (Wildman–Crippen LogP) is 3.74. The number of benzene rings is 1. The van der Waals surface area contributed by atoms with Gasteiger partial charge in [-0.3, -0.25) is 0 Å². The van der Waals surface area contributed by atoms with Crippen molar-refractivity contribution < 1.29 is 9.13 Å². The van der Waals surface area contributed by atoms with Crippen LogP contribution in [0.15, 0.2) is 22.7 Å². The quantitative estimate of drug-likeness (QED) is 0.864. The maximum absolute atomic E-state index is 13.6. The van der Waals surface area contributed by atoms with E-state index < -0.39 is 0 Å². The van der Waals surface area contributed by atoms with Gasteiger partial charge in [-0.15, -0.1) is 0 Å². The summed E-state index contributed by atoms with van der Waals surface area (Å²) in [6.45, 7) is 6.91. The molecule has 0 aliphatic heterocycles. The van der Waals surface area contributed by atoms with Crippen molar-refractivity contribution in [3.8, 4) is 5.75 Å². The molecule has 1 unspecified atom stereocenters. The first kappa shape index (κ1) is 14.5. The molecule has 4 heteroatoms. The first-order chi connectivity index (χ1) is 8.02. The summed E-state index contributed by atoms with van der Waals surface area (Å²) in [5.74, 6) is -0.0204. The zero-order chi connectivity index (χ0) is 12.8. The van der Waals surface area contributed by atoms with Gasteiger partial charge in [-0.2, -0.15) is 0 Å². The summed E-state index contributed by atoms with van der Waals surface area (Å²) < 4.78 is 19.9. The summed E-state index contributed by atoms with van der Waals surface area (Å²) in [5.41, 5.74) is 0. The molecule has 1 aromatic rings. The Labute approximate surface area is 111 Å².